The molecule has 0 saturated carbocycles. The summed E-state index contributed by atoms with van der Waals surface area (Å²) in [7, 11) is 0. The average Bonchev–Trinajstić information content (AvgIpc) is 3.80. The first-order valence-electron chi connectivity index (χ1n) is 18.0. The number of furan rings is 2. The molecule has 3 heteroatoms. The summed E-state index contributed by atoms with van der Waals surface area (Å²) in [6.45, 7) is 0. The Morgan fingerprint density at radius 2 is 0.962 bits per heavy atom. The molecule has 0 aliphatic rings. The van der Waals surface area contributed by atoms with Gasteiger partial charge in [-0.05, 0) is 86.9 Å². The van der Waals surface area contributed by atoms with E-state index >= 15 is 0 Å². The third-order valence-corrected chi connectivity index (χ3v) is 10.7. The van der Waals surface area contributed by atoms with Crippen molar-refractivity contribution in [2.45, 2.75) is 0 Å². The highest BCUT2D eigenvalue weighted by atomic mass is 16.3. The highest BCUT2D eigenvalue weighted by Gasteiger charge is 2.24. The Morgan fingerprint density at radius 1 is 0.340 bits per heavy atom. The van der Waals surface area contributed by atoms with Crippen LogP contribution in [0, 0.1) is 0 Å². The van der Waals surface area contributed by atoms with Gasteiger partial charge >= 0.3 is 0 Å². The van der Waals surface area contributed by atoms with Crippen molar-refractivity contribution in [3.05, 3.63) is 188 Å². The van der Waals surface area contributed by atoms with E-state index in [2.05, 4.69) is 175 Å². The molecule has 11 aromatic rings. The highest BCUT2D eigenvalue weighted by Crippen LogP contribution is 2.48. The van der Waals surface area contributed by atoms with Gasteiger partial charge in [0.05, 0.1) is 11.4 Å². The number of hydrogen-bond acceptors (Lipinski definition) is 3. The number of nitrogens with zero attached hydrogens (tertiary/aromatic N) is 1. The molecule has 0 amide bonds. The molecule has 11 rings (SSSR count). The maximum absolute atomic E-state index is 6.88. The molecule has 3 nitrogen and oxygen atoms in total. The van der Waals surface area contributed by atoms with Crippen molar-refractivity contribution in [2.24, 2.45) is 0 Å². The van der Waals surface area contributed by atoms with Gasteiger partial charge in [0, 0.05) is 32.6 Å². The quantitative estimate of drug-likeness (QED) is 0.170. The number of para-hydroxylation sites is 2. The first kappa shape index (κ1) is 29.6. The molecule has 0 aliphatic heterocycles. The van der Waals surface area contributed by atoms with Gasteiger partial charge in [-0.1, -0.05) is 140 Å². The van der Waals surface area contributed by atoms with Crippen LogP contribution in [0.1, 0.15) is 0 Å². The molecule has 0 unspecified atom stereocenters. The standard InChI is InChI=1S/C50H31NO2/c1-2-12-33(13-3-1)38-28-29-44(50-49(38)43-19-9-11-21-47(43)53-50)51(45-30-35-14-4-5-15-37(35)39-16-6-7-17-40(39)45)36-25-22-32(23-26-36)34-24-27-42-41-18-8-10-20-46(41)52-48(42)31-34/h1-31H. The fraction of sp³-hybridized carbons (Fsp3) is 0. The Hall–Kier alpha value is -7.10. The lowest BCUT2D eigenvalue weighted by Crippen LogP contribution is -2.11. The lowest BCUT2D eigenvalue weighted by Gasteiger charge is -2.28. The molecule has 248 valence electrons. The summed E-state index contributed by atoms with van der Waals surface area (Å²) in [4.78, 5) is 2.38. The summed E-state index contributed by atoms with van der Waals surface area (Å²) >= 11 is 0. The van der Waals surface area contributed by atoms with Crippen molar-refractivity contribution >= 4 is 82.5 Å². The number of fused-ring (bicyclic) bond motifs is 9. The number of anilines is 3. The molecule has 2 heterocycles. The first-order chi connectivity index (χ1) is 26.3. The summed E-state index contributed by atoms with van der Waals surface area (Å²) in [5, 5.41) is 9.27. The van der Waals surface area contributed by atoms with Crippen LogP contribution in [0.3, 0.4) is 0 Å². The monoisotopic (exact) mass is 677 g/mol. The largest absolute Gasteiger partial charge is 0.456 e. The van der Waals surface area contributed by atoms with Gasteiger partial charge in [0.15, 0.2) is 5.58 Å². The Balaban J connectivity index is 1.15. The van der Waals surface area contributed by atoms with E-state index in [9.17, 15) is 0 Å². The van der Waals surface area contributed by atoms with Crippen LogP contribution in [0.4, 0.5) is 17.1 Å². The van der Waals surface area contributed by atoms with Crippen LogP contribution in [0.25, 0.3) is 87.7 Å². The molecule has 0 N–H and O–H groups in total. The highest BCUT2D eigenvalue weighted by molar-refractivity contribution is 6.19. The second kappa shape index (κ2) is 11.7. The number of benzene rings is 9. The first-order valence-corrected chi connectivity index (χ1v) is 18.0. The fourth-order valence-electron chi connectivity index (χ4n) is 8.18. The molecule has 0 aliphatic carbocycles. The maximum atomic E-state index is 6.88. The van der Waals surface area contributed by atoms with Crippen LogP contribution in [-0.4, -0.2) is 0 Å². The molecule has 9 aromatic carbocycles. The van der Waals surface area contributed by atoms with Crippen LogP contribution < -0.4 is 4.90 Å². The van der Waals surface area contributed by atoms with Crippen LogP contribution in [0.2, 0.25) is 0 Å². The van der Waals surface area contributed by atoms with Gasteiger partial charge in [0.25, 0.3) is 0 Å². The second-order valence-electron chi connectivity index (χ2n) is 13.7. The molecule has 0 spiro atoms. The molecule has 0 bridgehead atoms. The molecule has 53 heavy (non-hydrogen) atoms. The Kier molecular flexibility index (Phi) is 6.55. The van der Waals surface area contributed by atoms with E-state index < -0.39 is 0 Å². The van der Waals surface area contributed by atoms with Crippen LogP contribution >= 0.6 is 0 Å². The van der Waals surface area contributed by atoms with E-state index in [4.69, 9.17) is 8.83 Å². The summed E-state index contributed by atoms with van der Waals surface area (Å²) in [5.41, 5.74) is 11.1. The van der Waals surface area contributed by atoms with Crippen molar-refractivity contribution in [3.8, 4) is 22.3 Å². The SMILES string of the molecule is c1ccc(-c2ccc(N(c3ccc(-c4ccc5c(c4)oc4ccccc45)cc3)c3cc4ccccc4c4ccccc34)c3oc4ccccc4c23)cc1. The van der Waals surface area contributed by atoms with E-state index in [-0.39, 0.29) is 0 Å². The summed E-state index contributed by atoms with van der Waals surface area (Å²) in [6.07, 6.45) is 0. The summed E-state index contributed by atoms with van der Waals surface area (Å²) in [6, 6.07) is 66.7. The third kappa shape index (κ3) is 4.68. The topological polar surface area (TPSA) is 29.5 Å². The zero-order valence-electron chi connectivity index (χ0n) is 28.7. The van der Waals surface area contributed by atoms with Gasteiger partial charge in [-0.2, -0.15) is 0 Å². The van der Waals surface area contributed by atoms with Crippen LogP contribution in [0.5, 0.6) is 0 Å². The van der Waals surface area contributed by atoms with Crippen LogP contribution in [-0.2, 0) is 0 Å². The lowest BCUT2D eigenvalue weighted by atomic mass is 9.96. The zero-order valence-corrected chi connectivity index (χ0v) is 28.7. The van der Waals surface area contributed by atoms with Gasteiger partial charge in [-0.3, -0.25) is 0 Å². The molecule has 0 atom stereocenters. The normalized spacial score (nSPS) is 11.8. The molecule has 0 saturated heterocycles. The summed E-state index contributed by atoms with van der Waals surface area (Å²) in [5.74, 6) is 0. The molecule has 0 radical (unpaired) electrons. The van der Waals surface area contributed by atoms with E-state index in [1.165, 1.54) is 21.5 Å². The van der Waals surface area contributed by atoms with E-state index in [0.29, 0.717) is 0 Å². The smallest absolute Gasteiger partial charge is 0.160 e. The van der Waals surface area contributed by atoms with Crippen molar-refractivity contribution < 1.29 is 8.83 Å². The van der Waals surface area contributed by atoms with Crippen LogP contribution in [0.15, 0.2) is 197 Å². The van der Waals surface area contributed by atoms with Gasteiger partial charge in [-0.25, -0.2) is 0 Å². The summed E-state index contributed by atoms with van der Waals surface area (Å²) < 4.78 is 13.1. The Morgan fingerprint density at radius 3 is 1.77 bits per heavy atom. The predicted molar refractivity (Wildman–Crippen MR) is 222 cm³/mol. The maximum Gasteiger partial charge on any atom is 0.160 e. The zero-order chi connectivity index (χ0) is 34.9. The van der Waals surface area contributed by atoms with Gasteiger partial charge < -0.3 is 13.7 Å². The number of hydrogen-bond donors (Lipinski definition) is 0. The molecule has 0 fully saturated rings. The van der Waals surface area contributed by atoms with Gasteiger partial charge in [-0.15, -0.1) is 0 Å². The second-order valence-corrected chi connectivity index (χ2v) is 13.7. The fourth-order valence-corrected chi connectivity index (χ4v) is 8.18. The van der Waals surface area contributed by atoms with Crippen molar-refractivity contribution in [2.75, 3.05) is 4.90 Å². The average molecular weight is 678 g/mol. The van der Waals surface area contributed by atoms with E-state index in [0.717, 1.165) is 83.2 Å². The molecular weight excluding hydrogens is 647 g/mol. The lowest BCUT2D eigenvalue weighted by molar-refractivity contribution is 0.668. The predicted octanol–water partition coefficient (Wildman–Crippen LogP) is 14.6. The van der Waals surface area contributed by atoms with Gasteiger partial charge in [0.1, 0.15) is 16.7 Å². The third-order valence-electron chi connectivity index (χ3n) is 10.7. The molecular formula is C50H31NO2. The number of rotatable bonds is 5. The van der Waals surface area contributed by atoms with Crippen molar-refractivity contribution in [1.82, 2.24) is 0 Å². The minimum Gasteiger partial charge on any atom is -0.456 e. The minimum absolute atomic E-state index is 0.851. The Bertz CT molecular complexity index is 3170. The molecule has 2 aromatic heterocycles. The Labute approximate surface area is 305 Å². The van der Waals surface area contributed by atoms with Crippen molar-refractivity contribution in [1.29, 1.82) is 0 Å². The van der Waals surface area contributed by atoms with E-state index in [1.54, 1.807) is 0 Å². The van der Waals surface area contributed by atoms with Gasteiger partial charge in [0.2, 0.25) is 0 Å². The van der Waals surface area contributed by atoms with Crippen molar-refractivity contribution in [3.63, 3.8) is 0 Å². The van der Waals surface area contributed by atoms with E-state index in [1.807, 2.05) is 18.2 Å². The minimum atomic E-state index is 0.851.